The molecule has 2 aromatic rings. The molecular formula is C14H16BrF2N5O. The Labute approximate surface area is 140 Å². The average Bonchev–Trinajstić information content (AvgIpc) is 3.12. The number of nitrogens with one attached hydrogen (secondary N) is 1. The lowest BCUT2D eigenvalue weighted by Crippen LogP contribution is -2.31. The van der Waals surface area contributed by atoms with Crippen LogP contribution in [0.5, 0.6) is 0 Å². The molecule has 0 aliphatic heterocycles. The molecule has 0 saturated heterocycles. The molecule has 0 spiro atoms. The van der Waals surface area contributed by atoms with Crippen molar-refractivity contribution in [1.82, 2.24) is 24.9 Å². The molecule has 2 heterocycles. The largest absolute Gasteiger partial charge is 0.353 e. The van der Waals surface area contributed by atoms with E-state index in [4.69, 9.17) is 0 Å². The number of alkyl halides is 2. The Balaban J connectivity index is 1.54. The Morgan fingerprint density at radius 2 is 2.26 bits per heavy atom. The quantitative estimate of drug-likeness (QED) is 0.793. The molecule has 1 aliphatic rings. The van der Waals surface area contributed by atoms with Gasteiger partial charge >= 0.3 is 0 Å². The summed E-state index contributed by atoms with van der Waals surface area (Å²) < 4.78 is 29.5. The third-order valence-corrected chi connectivity index (χ3v) is 4.02. The summed E-state index contributed by atoms with van der Waals surface area (Å²) in [5.41, 5.74) is 0.465. The molecule has 1 amide bonds. The molecule has 124 valence electrons. The van der Waals surface area contributed by atoms with Gasteiger partial charge in [-0.3, -0.25) is 14.2 Å². The van der Waals surface area contributed by atoms with Crippen LogP contribution >= 0.6 is 15.9 Å². The van der Waals surface area contributed by atoms with Crippen LogP contribution in [0.1, 0.15) is 36.6 Å². The minimum atomic E-state index is -2.62. The van der Waals surface area contributed by atoms with Crippen LogP contribution in [0.3, 0.4) is 0 Å². The minimum Gasteiger partial charge on any atom is -0.353 e. The van der Waals surface area contributed by atoms with Crippen molar-refractivity contribution in [2.45, 2.75) is 38.3 Å². The normalized spacial score (nSPS) is 14.4. The number of hydrogen-bond acceptors (Lipinski definition) is 3. The standard InChI is InChI=1S/C14H16BrF2N5O/c15-10-6-19-21(7-10)4-3-18-13(23)8-22-12(9-1-2-9)5-11(20-22)14(16)17/h5-7,9,14H,1-4,8H2,(H,18,23). The number of nitrogens with zero attached hydrogens (tertiary/aromatic N) is 4. The number of hydrogen-bond donors (Lipinski definition) is 1. The van der Waals surface area contributed by atoms with Crippen LogP contribution in [0.2, 0.25) is 0 Å². The fourth-order valence-corrected chi connectivity index (χ4v) is 2.68. The van der Waals surface area contributed by atoms with Crippen LogP contribution in [-0.2, 0) is 17.9 Å². The van der Waals surface area contributed by atoms with Gasteiger partial charge in [0.25, 0.3) is 6.43 Å². The summed E-state index contributed by atoms with van der Waals surface area (Å²) in [6, 6.07) is 1.41. The van der Waals surface area contributed by atoms with Crippen molar-refractivity contribution in [2.24, 2.45) is 0 Å². The third-order valence-electron chi connectivity index (χ3n) is 3.61. The Morgan fingerprint density at radius 1 is 1.48 bits per heavy atom. The van der Waals surface area contributed by atoms with Gasteiger partial charge < -0.3 is 5.32 Å². The Kier molecular flexibility index (Phi) is 4.74. The van der Waals surface area contributed by atoms with E-state index in [2.05, 4.69) is 31.4 Å². The minimum absolute atomic E-state index is 0.0403. The zero-order chi connectivity index (χ0) is 16.4. The van der Waals surface area contributed by atoms with E-state index in [1.54, 1.807) is 17.1 Å². The van der Waals surface area contributed by atoms with Gasteiger partial charge in [0.2, 0.25) is 5.91 Å². The second kappa shape index (κ2) is 6.77. The van der Waals surface area contributed by atoms with Gasteiger partial charge in [0.05, 0.1) is 17.2 Å². The molecular weight excluding hydrogens is 372 g/mol. The second-order valence-electron chi connectivity index (χ2n) is 5.50. The summed E-state index contributed by atoms with van der Waals surface area (Å²) in [5.74, 6) is 0.00580. The van der Waals surface area contributed by atoms with Crippen LogP contribution in [0.15, 0.2) is 22.9 Å². The van der Waals surface area contributed by atoms with E-state index in [0.29, 0.717) is 13.1 Å². The van der Waals surface area contributed by atoms with Gasteiger partial charge in [0, 0.05) is 24.4 Å². The van der Waals surface area contributed by atoms with Gasteiger partial charge in [-0.2, -0.15) is 10.2 Å². The maximum absolute atomic E-state index is 12.8. The van der Waals surface area contributed by atoms with E-state index < -0.39 is 6.43 Å². The lowest BCUT2D eigenvalue weighted by molar-refractivity contribution is -0.121. The maximum atomic E-state index is 12.8. The predicted molar refractivity (Wildman–Crippen MR) is 82.1 cm³/mol. The highest BCUT2D eigenvalue weighted by molar-refractivity contribution is 9.10. The average molecular weight is 388 g/mol. The molecule has 0 aromatic carbocycles. The van der Waals surface area contributed by atoms with E-state index in [1.165, 1.54) is 10.7 Å². The summed E-state index contributed by atoms with van der Waals surface area (Å²) in [4.78, 5) is 12.0. The number of halogens is 3. The predicted octanol–water partition coefficient (Wildman–Crippen LogP) is 2.47. The Bertz CT molecular complexity index is 695. The zero-order valence-corrected chi connectivity index (χ0v) is 13.8. The summed E-state index contributed by atoms with van der Waals surface area (Å²) in [6.07, 6.45) is 2.78. The van der Waals surface area contributed by atoms with Gasteiger partial charge in [0.15, 0.2) is 0 Å². The van der Waals surface area contributed by atoms with Crippen LogP contribution < -0.4 is 5.32 Å². The van der Waals surface area contributed by atoms with Crippen molar-refractivity contribution >= 4 is 21.8 Å². The van der Waals surface area contributed by atoms with Crippen molar-refractivity contribution in [2.75, 3.05) is 6.54 Å². The van der Waals surface area contributed by atoms with Gasteiger partial charge in [0.1, 0.15) is 12.2 Å². The van der Waals surface area contributed by atoms with Crippen molar-refractivity contribution in [3.63, 3.8) is 0 Å². The zero-order valence-electron chi connectivity index (χ0n) is 12.3. The fraction of sp³-hybridized carbons (Fsp3) is 0.500. The lowest BCUT2D eigenvalue weighted by atomic mass is 10.2. The summed E-state index contributed by atoms with van der Waals surface area (Å²) in [6.45, 7) is 0.907. The number of aromatic nitrogens is 4. The molecule has 0 unspecified atom stereocenters. The molecule has 1 N–H and O–H groups in total. The number of carbonyl (C=O) groups is 1. The number of rotatable bonds is 7. The first-order chi connectivity index (χ1) is 11.0. The van der Waals surface area contributed by atoms with E-state index in [1.807, 2.05) is 0 Å². The number of carbonyl (C=O) groups excluding carboxylic acids is 1. The number of amides is 1. The molecule has 1 fully saturated rings. The molecule has 0 bridgehead atoms. The van der Waals surface area contributed by atoms with Gasteiger partial charge in [-0.25, -0.2) is 8.78 Å². The van der Waals surface area contributed by atoms with E-state index >= 15 is 0 Å². The van der Waals surface area contributed by atoms with Crippen LogP contribution in [0, 0.1) is 0 Å². The van der Waals surface area contributed by atoms with Crippen LogP contribution in [-0.4, -0.2) is 32.0 Å². The SMILES string of the molecule is O=C(Cn1nc(C(F)F)cc1C1CC1)NCCn1cc(Br)cn1. The molecule has 1 saturated carbocycles. The van der Waals surface area contributed by atoms with E-state index in [0.717, 1.165) is 23.0 Å². The Hall–Kier alpha value is -1.77. The van der Waals surface area contributed by atoms with E-state index in [-0.39, 0.29) is 24.1 Å². The maximum Gasteiger partial charge on any atom is 0.282 e. The topological polar surface area (TPSA) is 64.7 Å². The molecule has 9 heteroatoms. The fourth-order valence-electron chi connectivity index (χ4n) is 2.36. The third kappa shape index (κ3) is 4.15. The molecule has 23 heavy (non-hydrogen) atoms. The molecule has 6 nitrogen and oxygen atoms in total. The molecule has 0 atom stereocenters. The summed E-state index contributed by atoms with van der Waals surface area (Å²) in [5, 5.41) is 10.7. The van der Waals surface area contributed by atoms with Crippen molar-refractivity contribution < 1.29 is 13.6 Å². The highest BCUT2D eigenvalue weighted by Crippen LogP contribution is 2.41. The van der Waals surface area contributed by atoms with Crippen LogP contribution in [0.4, 0.5) is 8.78 Å². The summed E-state index contributed by atoms with van der Waals surface area (Å²) in [7, 11) is 0. The van der Waals surface area contributed by atoms with Gasteiger partial charge in [-0.15, -0.1) is 0 Å². The first kappa shape index (κ1) is 16.1. The smallest absolute Gasteiger partial charge is 0.282 e. The van der Waals surface area contributed by atoms with E-state index in [9.17, 15) is 13.6 Å². The lowest BCUT2D eigenvalue weighted by Gasteiger charge is -2.08. The van der Waals surface area contributed by atoms with Gasteiger partial charge in [-0.1, -0.05) is 0 Å². The summed E-state index contributed by atoms with van der Waals surface area (Å²) >= 11 is 3.30. The van der Waals surface area contributed by atoms with Crippen molar-refractivity contribution in [1.29, 1.82) is 0 Å². The highest BCUT2D eigenvalue weighted by atomic mass is 79.9. The molecule has 1 aliphatic carbocycles. The first-order valence-corrected chi connectivity index (χ1v) is 8.12. The van der Waals surface area contributed by atoms with Gasteiger partial charge in [-0.05, 0) is 34.8 Å². The first-order valence-electron chi connectivity index (χ1n) is 7.33. The Morgan fingerprint density at radius 3 is 2.87 bits per heavy atom. The van der Waals surface area contributed by atoms with Crippen LogP contribution in [0.25, 0.3) is 0 Å². The monoisotopic (exact) mass is 387 g/mol. The van der Waals surface area contributed by atoms with Crippen molar-refractivity contribution in [3.05, 3.63) is 34.3 Å². The molecule has 2 aromatic heterocycles. The highest BCUT2D eigenvalue weighted by Gasteiger charge is 2.30. The molecule has 3 rings (SSSR count). The second-order valence-corrected chi connectivity index (χ2v) is 6.41. The van der Waals surface area contributed by atoms with Crippen molar-refractivity contribution in [3.8, 4) is 0 Å². The molecule has 0 radical (unpaired) electrons.